The van der Waals surface area contributed by atoms with Crippen LogP contribution in [0.1, 0.15) is 13.8 Å². The number of amides is 2. The molecule has 0 heterocycles. The predicted octanol–water partition coefficient (Wildman–Crippen LogP) is 4.43. The Hall–Kier alpha value is -2.38. The van der Waals surface area contributed by atoms with E-state index in [0.29, 0.717) is 27.9 Å². The Labute approximate surface area is 167 Å². The van der Waals surface area contributed by atoms with Crippen LogP contribution in [-0.2, 0) is 9.59 Å². The SMILES string of the molecule is COc1cc(OC)c(NC(=O)C(C)Sc2cccc(NC(C)=O)c2)cc1Cl. The van der Waals surface area contributed by atoms with Gasteiger partial charge in [0.25, 0.3) is 0 Å². The third-order valence-electron chi connectivity index (χ3n) is 3.57. The van der Waals surface area contributed by atoms with Gasteiger partial charge >= 0.3 is 0 Å². The molecule has 2 aromatic rings. The van der Waals surface area contributed by atoms with E-state index in [-0.39, 0.29) is 17.1 Å². The van der Waals surface area contributed by atoms with Crippen LogP contribution >= 0.6 is 23.4 Å². The summed E-state index contributed by atoms with van der Waals surface area (Å²) in [4.78, 5) is 24.6. The number of thioether (sulfide) groups is 1. The van der Waals surface area contributed by atoms with Gasteiger partial charge in [-0.2, -0.15) is 0 Å². The van der Waals surface area contributed by atoms with Crippen molar-refractivity contribution < 1.29 is 19.1 Å². The van der Waals surface area contributed by atoms with Gasteiger partial charge in [-0.25, -0.2) is 0 Å². The highest BCUT2D eigenvalue weighted by Gasteiger charge is 2.18. The van der Waals surface area contributed by atoms with Crippen LogP contribution in [-0.4, -0.2) is 31.3 Å². The molecule has 6 nitrogen and oxygen atoms in total. The van der Waals surface area contributed by atoms with Crippen molar-refractivity contribution in [2.75, 3.05) is 24.9 Å². The third kappa shape index (κ3) is 5.80. The van der Waals surface area contributed by atoms with E-state index in [1.807, 2.05) is 18.2 Å². The molecular formula is C19H21ClN2O4S. The quantitative estimate of drug-likeness (QED) is 0.662. The lowest BCUT2D eigenvalue weighted by Gasteiger charge is -2.16. The Morgan fingerprint density at radius 2 is 1.78 bits per heavy atom. The lowest BCUT2D eigenvalue weighted by atomic mass is 10.2. The van der Waals surface area contributed by atoms with Crippen LogP contribution in [0, 0.1) is 0 Å². The number of benzene rings is 2. The van der Waals surface area contributed by atoms with Crippen LogP contribution in [0.15, 0.2) is 41.3 Å². The number of anilines is 2. The van der Waals surface area contributed by atoms with Gasteiger partial charge in [0.15, 0.2) is 0 Å². The molecule has 2 rings (SSSR count). The fraction of sp³-hybridized carbons (Fsp3) is 0.263. The molecule has 0 radical (unpaired) electrons. The number of carbonyl (C=O) groups is 2. The fourth-order valence-electron chi connectivity index (χ4n) is 2.30. The standard InChI is InChI=1S/C19H21ClN2O4S/c1-11(27-14-7-5-6-13(8-14)21-12(2)23)19(24)22-16-9-15(20)17(25-3)10-18(16)26-4/h5-11H,1-4H3,(H,21,23)(H,22,24). The summed E-state index contributed by atoms with van der Waals surface area (Å²) in [5.41, 5.74) is 1.15. The van der Waals surface area contributed by atoms with Crippen molar-refractivity contribution >= 4 is 46.6 Å². The summed E-state index contributed by atoms with van der Waals surface area (Å²) in [6, 6.07) is 10.5. The van der Waals surface area contributed by atoms with Crippen LogP contribution in [0.3, 0.4) is 0 Å². The summed E-state index contributed by atoms with van der Waals surface area (Å²) in [5, 5.41) is 5.54. The zero-order chi connectivity index (χ0) is 20.0. The van der Waals surface area contributed by atoms with Crippen LogP contribution < -0.4 is 20.1 Å². The molecule has 0 saturated carbocycles. The average molecular weight is 409 g/mol. The largest absolute Gasteiger partial charge is 0.495 e. The van der Waals surface area contributed by atoms with Gasteiger partial charge in [-0.1, -0.05) is 17.7 Å². The fourth-order valence-corrected chi connectivity index (χ4v) is 3.47. The molecule has 1 unspecified atom stereocenters. The highest BCUT2D eigenvalue weighted by atomic mass is 35.5. The maximum absolute atomic E-state index is 12.6. The number of carbonyl (C=O) groups excluding carboxylic acids is 2. The van der Waals surface area contributed by atoms with Gasteiger partial charge in [-0.3, -0.25) is 9.59 Å². The monoisotopic (exact) mass is 408 g/mol. The summed E-state index contributed by atoms with van der Waals surface area (Å²) in [6.45, 7) is 3.24. The Balaban J connectivity index is 2.10. The van der Waals surface area contributed by atoms with E-state index in [1.165, 1.54) is 32.9 Å². The molecule has 0 fully saturated rings. The lowest BCUT2D eigenvalue weighted by Crippen LogP contribution is -2.22. The first-order valence-corrected chi connectivity index (χ1v) is 9.36. The first-order valence-electron chi connectivity index (χ1n) is 8.10. The Bertz CT molecular complexity index is 844. The van der Waals surface area contributed by atoms with Gasteiger partial charge in [0.2, 0.25) is 11.8 Å². The van der Waals surface area contributed by atoms with E-state index >= 15 is 0 Å². The highest BCUT2D eigenvalue weighted by molar-refractivity contribution is 8.00. The Morgan fingerprint density at radius 1 is 1.07 bits per heavy atom. The molecule has 1 atom stereocenters. The minimum Gasteiger partial charge on any atom is -0.495 e. The van der Waals surface area contributed by atoms with Gasteiger partial charge in [0, 0.05) is 23.6 Å². The van der Waals surface area contributed by atoms with Gasteiger partial charge in [-0.15, -0.1) is 11.8 Å². The summed E-state index contributed by atoms with van der Waals surface area (Å²) < 4.78 is 10.4. The molecule has 0 aliphatic heterocycles. The van der Waals surface area contributed by atoms with Crippen LogP contribution in [0.4, 0.5) is 11.4 Å². The highest BCUT2D eigenvalue weighted by Crippen LogP contribution is 2.36. The molecule has 27 heavy (non-hydrogen) atoms. The number of ether oxygens (including phenoxy) is 2. The molecule has 2 amide bonds. The van der Waals surface area contributed by atoms with Crippen LogP contribution in [0.25, 0.3) is 0 Å². The third-order valence-corrected chi connectivity index (χ3v) is 4.96. The molecule has 144 valence electrons. The van der Waals surface area contributed by atoms with Crippen molar-refractivity contribution in [1.29, 1.82) is 0 Å². The second kappa shape index (κ2) is 9.53. The molecule has 0 saturated heterocycles. The Kier molecular flexibility index (Phi) is 7.38. The van der Waals surface area contributed by atoms with E-state index in [4.69, 9.17) is 21.1 Å². The Morgan fingerprint density at radius 3 is 2.41 bits per heavy atom. The average Bonchev–Trinajstić information content (AvgIpc) is 2.61. The lowest BCUT2D eigenvalue weighted by molar-refractivity contribution is -0.115. The van der Waals surface area contributed by atoms with Crippen LogP contribution in [0.5, 0.6) is 11.5 Å². The summed E-state index contributed by atoms with van der Waals surface area (Å²) in [6.07, 6.45) is 0. The number of halogens is 1. The molecule has 2 N–H and O–H groups in total. The second-order valence-corrected chi connectivity index (χ2v) is 7.47. The van der Waals surface area contributed by atoms with E-state index < -0.39 is 0 Å². The van der Waals surface area contributed by atoms with Crippen molar-refractivity contribution in [3.05, 3.63) is 41.4 Å². The summed E-state index contributed by atoms with van der Waals surface area (Å²) >= 11 is 7.51. The molecule has 0 aromatic heterocycles. The van der Waals surface area contributed by atoms with Crippen molar-refractivity contribution in [3.8, 4) is 11.5 Å². The zero-order valence-corrected chi connectivity index (χ0v) is 17.0. The maximum atomic E-state index is 12.6. The molecular weight excluding hydrogens is 388 g/mol. The van der Waals surface area contributed by atoms with E-state index in [2.05, 4.69) is 10.6 Å². The normalized spacial score (nSPS) is 11.4. The summed E-state index contributed by atoms with van der Waals surface area (Å²) in [7, 11) is 3.01. The number of hydrogen-bond acceptors (Lipinski definition) is 5. The number of methoxy groups -OCH3 is 2. The second-order valence-electron chi connectivity index (χ2n) is 5.65. The topological polar surface area (TPSA) is 76.7 Å². The molecule has 0 aliphatic carbocycles. The molecule has 0 aliphatic rings. The molecule has 2 aromatic carbocycles. The van der Waals surface area contributed by atoms with Gasteiger partial charge in [0.05, 0.1) is 30.2 Å². The first-order chi connectivity index (χ1) is 12.8. The minimum atomic E-state index is -0.386. The van der Waals surface area contributed by atoms with Crippen molar-refractivity contribution in [2.45, 2.75) is 24.0 Å². The van der Waals surface area contributed by atoms with E-state index in [1.54, 1.807) is 25.1 Å². The van der Waals surface area contributed by atoms with Gasteiger partial charge in [-0.05, 0) is 31.2 Å². The van der Waals surface area contributed by atoms with Crippen molar-refractivity contribution in [1.82, 2.24) is 0 Å². The molecule has 8 heteroatoms. The van der Waals surface area contributed by atoms with Gasteiger partial charge in [0.1, 0.15) is 11.5 Å². The number of hydrogen-bond donors (Lipinski definition) is 2. The van der Waals surface area contributed by atoms with Crippen molar-refractivity contribution in [3.63, 3.8) is 0 Å². The van der Waals surface area contributed by atoms with E-state index in [0.717, 1.165) is 4.90 Å². The van der Waals surface area contributed by atoms with Gasteiger partial charge < -0.3 is 20.1 Å². The minimum absolute atomic E-state index is 0.147. The molecule has 0 spiro atoms. The number of nitrogens with one attached hydrogen (secondary N) is 2. The number of rotatable bonds is 7. The summed E-state index contributed by atoms with van der Waals surface area (Å²) in [5.74, 6) is 0.564. The van der Waals surface area contributed by atoms with Crippen molar-refractivity contribution in [2.24, 2.45) is 0 Å². The maximum Gasteiger partial charge on any atom is 0.237 e. The molecule has 0 bridgehead atoms. The zero-order valence-electron chi connectivity index (χ0n) is 15.5. The smallest absolute Gasteiger partial charge is 0.237 e. The predicted molar refractivity (Wildman–Crippen MR) is 109 cm³/mol. The van der Waals surface area contributed by atoms with Crippen LogP contribution in [0.2, 0.25) is 5.02 Å². The first kappa shape index (κ1) is 20.9. The van der Waals surface area contributed by atoms with E-state index in [9.17, 15) is 9.59 Å².